The second-order valence-electron chi connectivity index (χ2n) is 8.22. The van der Waals surface area contributed by atoms with Gasteiger partial charge < -0.3 is 15.0 Å². The van der Waals surface area contributed by atoms with Gasteiger partial charge in [-0.25, -0.2) is 0 Å². The zero-order valence-electron chi connectivity index (χ0n) is 18.1. The molecule has 0 spiro atoms. The summed E-state index contributed by atoms with van der Waals surface area (Å²) in [6.45, 7) is 12.8. The Morgan fingerprint density at radius 3 is 2.54 bits per heavy atom. The highest BCUT2D eigenvalue weighted by Gasteiger charge is 2.36. The molecule has 0 aromatic heterocycles. The molecule has 1 heterocycles. The van der Waals surface area contributed by atoms with E-state index in [1.807, 2.05) is 57.7 Å². The predicted molar refractivity (Wildman–Crippen MR) is 114 cm³/mol. The molecular weight excluding hydrogens is 354 g/mol. The van der Waals surface area contributed by atoms with E-state index in [9.17, 15) is 9.59 Å². The number of hydrogen-bond acceptors (Lipinski definition) is 4. The molecule has 0 unspecified atom stereocenters. The number of allylic oxidation sites excluding steroid dienone is 1. The Hall–Kier alpha value is -2.34. The number of nitrogens with one attached hydrogen (secondary N) is 1. The molecule has 2 amide bonds. The van der Waals surface area contributed by atoms with E-state index in [0.717, 1.165) is 22.6 Å². The molecule has 0 atom stereocenters. The minimum Gasteiger partial charge on any atom is -0.494 e. The Labute approximate surface area is 168 Å². The lowest BCUT2D eigenvalue weighted by Crippen LogP contribution is -2.52. The van der Waals surface area contributed by atoms with Crippen LogP contribution in [0.5, 0.6) is 5.75 Å². The molecular formula is C22H33N3O3. The van der Waals surface area contributed by atoms with Crippen LogP contribution in [-0.2, 0) is 9.59 Å². The molecule has 6 heteroatoms. The largest absolute Gasteiger partial charge is 0.494 e. The number of rotatable bonds is 7. The second-order valence-corrected chi connectivity index (χ2v) is 8.22. The highest BCUT2D eigenvalue weighted by Crippen LogP contribution is 2.40. The first kappa shape index (κ1) is 22.0. The number of fused-ring (bicyclic) bond motifs is 1. The number of carbonyl (C=O) groups excluding carboxylic acids is 2. The van der Waals surface area contributed by atoms with Crippen molar-refractivity contribution >= 4 is 23.1 Å². The van der Waals surface area contributed by atoms with Gasteiger partial charge in [0.15, 0.2) is 0 Å². The Bertz CT molecular complexity index is 768. The van der Waals surface area contributed by atoms with Gasteiger partial charge in [0.1, 0.15) is 5.75 Å². The highest BCUT2D eigenvalue weighted by atomic mass is 16.5. The maximum absolute atomic E-state index is 13.2. The summed E-state index contributed by atoms with van der Waals surface area (Å²) in [4.78, 5) is 28.8. The van der Waals surface area contributed by atoms with E-state index < -0.39 is 5.54 Å². The zero-order chi connectivity index (χ0) is 21.1. The number of carbonyl (C=O) groups is 2. The monoisotopic (exact) mass is 387 g/mol. The summed E-state index contributed by atoms with van der Waals surface area (Å²) in [5.41, 5.74) is 2.54. The van der Waals surface area contributed by atoms with Crippen LogP contribution in [0.4, 0.5) is 5.69 Å². The molecule has 0 bridgehead atoms. The Balaban J connectivity index is 2.24. The lowest BCUT2D eigenvalue weighted by Gasteiger charge is -2.42. The van der Waals surface area contributed by atoms with E-state index in [2.05, 4.69) is 18.3 Å². The van der Waals surface area contributed by atoms with Crippen LogP contribution < -0.4 is 15.0 Å². The average Bonchev–Trinajstić information content (AvgIpc) is 2.53. The van der Waals surface area contributed by atoms with E-state index >= 15 is 0 Å². The van der Waals surface area contributed by atoms with Crippen LogP contribution in [0.1, 0.15) is 47.1 Å². The smallest absolute Gasteiger partial charge is 0.241 e. The summed E-state index contributed by atoms with van der Waals surface area (Å²) in [7, 11) is 1.79. The van der Waals surface area contributed by atoms with Crippen molar-refractivity contribution in [3.8, 4) is 5.75 Å². The molecule has 1 aliphatic rings. The number of ether oxygens (including phenoxy) is 1. The van der Waals surface area contributed by atoms with Crippen LogP contribution in [0.25, 0.3) is 5.57 Å². The van der Waals surface area contributed by atoms with Gasteiger partial charge in [-0.05, 0) is 72.4 Å². The molecule has 0 radical (unpaired) electrons. The van der Waals surface area contributed by atoms with Crippen LogP contribution in [0.15, 0.2) is 24.3 Å². The van der Waals surface area contributed by atoms with Crippen LogP contribution in [-0.4, -0.2) is 55.0 Å². The highest BCUT2D eigenvalue weighted by molar-refractivity contribution is 6.01. The second kappa shape index (κ2) is 8.78. The fourth-order valence-electron chi connectivity index (χ4n) is 3.69. The molecule has 0 saturated carbocycles. The van der Waals surface area contributed by atoms with E-state index in [1.165, 1.54) is 0 Å². The van der Waals surface area contributed by atoms with Gasteiger partial charge in [-0.1, -0.05) is 6.08 Å². The number of likely N-dealkylation sites (N-methyl/N-ethyl adjacent to an activating group) is 1. The number of hydrogen-bond donors (Lipinski definition) is 1. The molecule has 154 valence electrons. The first-order chi connectivity index (χ1) is 13.0. The van der Waals surface area contributed by atoms with Crippen molar-refractivity contribution in [1.82, 2.24) is 10.2 Å². The van der Waals surface area contributed by atoms with E-state index in [-0.39, 0.29) is 30.9 Å². The SMILES string of the molecule is CCOc1ccc2c(c1)C(C)=CC(C)(C)N2C(=O)CN(C)CC(=O)NC(C)C. The third-order valence-corrected chi connectivity index (χ3v) is 4.61. The first-order valence-electron chi connectivity index (χ1n) is 9.82. The van der Waals surface area contributed by atoms with E-state index in [1.54, 1.807) is 11.9 Å². The summed E-state index contributed by atoms with van der Waals surface area (Å²) in [5.74, 6) is 0.670. The number of amides is 2. The number of benzene rings is 1. The molecule has 2 rings (SSSR count). The molecule has 6 nitrogen and oxygen atoms in total. The van der Waals surface area contributed by atoms with Gasteiger partial charge >= 0.3 is 0 Å². The van der Waals surface area contributed by atoms with Gasteiger partial charge in [-0.3, -0.25) is 14.5 Å². The molecule has 0 fully saturated rings. The van der Waals surface area contributed by atoms with E-state index in [4.69, 9.17) is 4.74 Å². The maximum atomic E-state index is 13.2. The molecule has 1 aliphatic heterocycles. The standard InChI is InChI=1S/C22H33N3O3/c1-8-28-17-9-10-19-18(11-17)16(4)12-22(5,6)25(19)21(27)14-24(7)13-20(26)23-15(2)3/h9-12,15H,8,13-14H2,1-7H3,(H,23,26). The van der Waals surface area contributed by atoms with Crippen molar-refractivity contribution < 1.29 is 14.3 Å². The Kier molecular flexibility index (Phi) is 6.88. The van der Waals surface area contributed by atoms with Gasteiger partial charge in [0.2, 0.25) is 11.8 Å². The quantitative estimate of drug-likeness (QED) is 0.781. The van der Waals surface area contributed by atoms with Gasteiger partial charge in [0, 0.05) is 11.6 Å². The zero-order valence-corrected chi connectivity index (χ0v) is 18.1. The fraction of sp³-hybridized carbons (Fsp3) is 0.545. The fourth-order valence-corrected chi connectivity index (χ4v) is 3.69. The van der Waals surface area contributed by atoms with E-state index in [0.29, 0.717) is 6.61 Å². The summed E-state index contributed by atoms with van der Waals surface area (Å²) < 4.78 is 5.62. The van der Waals surface area contributed by atoms with Gasteiger partial charge in [-0.15, -0.1) is 0 Å². The van der Waals surface area contributed by atoms with Crippen molar-refractivity contribution in [3.63, 3.8) is 0 Å². The molecule has 28 heavy (non-hydrogen) atoms. The third kappa shape index (κ3) is 5.13. The third-order valence-electron chi connectivity index (χ3n) is 4.61. The molecule has 0 aliphatic carbocycles. The molecule has 1 aromatic carbocycles. The van der Waals surface area contributed by atoms with Crippen molar-refractivity contribution in [2.75, 3.05) is 31.6 Å². The summed E-state index contributed by atoms with van der Waals surface area (Å²) in [5, 5.41) is 2.85. The van der Waals surface area contributed by atoms with Crippen molar-refractivity contribution in [3.05, 3.63) is 29.8 Å². The molecule has 1 aromatic rings. The van der Waals surface area contributed by atoms with Crippen molar-refractivity contribution in [2.24, 2.45) is 0 Å². The normalized spacial score (nSPS) is 15.3. The van der Waals surface area contributed by atoms with Crippen molar-refractivity contribution in [1.29, 1.82) is 0 Å². The minimum absolute atomic E-state index is 0.0426. The lowest BCUT2D eigenvalue weighted by atomic mass is 9.88. The summed E-state index contributed by atoms with van der Waals surface area (Å²) in [6.07, 6.45) is 2.11. The van der Waals surface area contributed by atoms with Crippen LogP contribution in [0.2, 0.25) is 0 Å². The lowest BCUT2D eigenvalue weighted by molar-refractivity contribution is -0.124. The molecule has 1 N–H and O–H groups in total. The number of nitrogens with zero attached hydrogens (tertiary/aromatic N) is 2. The summed E-state index contributed by atoms with van der Waals surface area (Å²) in [6, 6.07) is 5.91. The molecule has 0 saturated heterocycles. The van der Waals surface area contributed by atoms with Gasteiger partial charge in [-0.2, -0.15) is 0 Å². The van der Waals surface area contributed by atoms with Gasteiger partial charge in [0.05, 0.1) is 30.9 Å². The average molecular weight is 388 g/mol. The minimum atomic E-state index is -0.456. The first-order valence-corrected chi connectivity index (χ1v) is 9.82. The topological polar surface area (TPSA) is 61.9 Å². The maximum Gasteiger partial charge on any atom is 0.241 e. The number of anilines is 1. The Morgan fingerprint density at radius 2 is 1.93 bits per heavy atom. The van der Waals surface area contributed by atoms with Crippen LogP contribution in [0, 0.1) is 0 Å². The van der Waals surface area contributed by atoms with Crippen LogP contribution >= 0.6 is 0 Å². The van der Waals surface area contributed by atoms with Crippen molar-refractivity contribution in [2.45, 2.75) is 53.1 Å². The predicted octanol–water partition coefficient (Wildman–Crippen LogP) is 3.07. The van der Waals surface area contributed by atoms with Crippen LogP contribution in [0.3, 0.4) is 0 Å². The van der Waals surface area contributed by atoms with Gasteiger partial charge in [0.25, 0.3) is 0 Å². The summed E-state index contributed by atoms with van der Waals surface area (Å²) >= 11 is 0. The Morgan fingerprint density at radius 1 is 1.25 bits per heavy atom.